The third-order valence-corrected chi connectivity index (χ3v) is 4.76. The highest BCUT2D eigenvalue weighted by Gasteiger charge is 2.39. The van der Waals surface area contributed by atoms with Gasteiger partial charge >= 0.3 is 0 Å². The number of rotatable bonds is 5. The van der Waals surface area contributed by atoms with Crippen molar-refractivity contribution in [2.24, 2.45) is 5.92 Å². The van der Waals surface area contributed by atoms with E-state index in [4.69, 9.17) is 0 Å². The summed E-state index contributed by atoms with van der Waals surface area (Å²) in [5, 5.41) is 0. The number of Topliss-reactive ketones (excluding diaryl/α,β-unsaturated/α-hetero) is 1. The predicted molar refractivity (Wildman–Crippen MR) is 76.8 cm³/mol. The molecule has 0 bridgehead atoms. The van der Waals surface area contributed by atoms with Crippen LogP contribution >= 0.6 is 27.7 Å². The van der Waals surface area contributed by atoms with Crippen LogP contribution in [0.5, 0.6) is 0 Å². The number of ketones is 1. The molecule has 0 saturated heterocycles. The summed E-state index contributed by atoms with van der Waals surface area (Å²) >= 11 is 4.83. The third-order valence-electron chi connectivity index (χ3n) is 3.22. The second-order valence-electron chi connectivity index (χ2n) is 4.95. The third kappa shape index (κ3) is 4.88. The zero-order chi connectivity index (χ0) is 13.9. The van der Waals surface area contributed by atoms with Gasteiger partial charge in [0.1, 0.15) is 5.78 Å². The first-order valence-corrected chi connectivity index (χ1v) is 8.00. The Morgan fingerprint density at radius 1 is 1.47 bits per heavy atom. The van der Waals surface area contributed by atoms with Crippen molar-refractivity contribution in [1.29, 1.82) is 0 Å². The van der Waals surface area contributed by atoms with Crippen LogP contribution in [0, 0.1) is 5.92 Å². The summed E-state index contributed by atoms with van der Waals surface area (Å²) < 4.78 is 27.0. The van der Waals surface area contributed by atoms with Crippen LogP contribution in [0.1, 0.15) is 25.7 Å². The van der Waals surface area contributed by atoms with Gasteiger partial charge in [-0.15, -0.1) is 11.8 Å². The fourth-order valence-corrected chi connectivity index (χ4v) is 3.70. The summed E-state index contributed by atoms with van der Waals surface area (Å²) in [5.41, 5.74) is 0. The first-order chi connectivity index (χ1) is 8.94. The molecule has 0 aliphatic heterocycles. The highest BCUT2D eigenvalue weighted by molar-refractivity contribution is 9.10. The Balaban J connectivity index is 1.76. The van der Waals surface area contributed by atoms with E-state index in [0.29, 0.717) is 12.2 Å². The van der Waals surface area contributed by atoms with E-state index in [0.717, 1.165) is 9.37 Å². The summed E-state index contributed by atoms with van der Waals surface area (Å²) in [6, 6.07) is 7.72. The van der Waals surface area contributed by atoms with Crippen molar-refractivity contribution in [3.8, 4) is 0 Å². The topological polar surface area (TPSA) is 17.1 Å². The summed E-state index contributed by atoms with van der Waals surface area (Å²) in [5.74, 6) is -2.26. The van der Waals surface area contributed by atoms with Crippen molar-refractivity contribution in [1.82, 2.24) is 0 Å². The minimum Gasteiger partial charge on any atom is -0.299 e. The Kier molecular flexibility index (Phi) is 5.01. The molecule has 0 amide bonds. The van der Waals surface area contributed by atoms with E-state index >= 15 is 0 Å². The van der Waals surface area contributed by atoms with Gasteiger partial charge in [0.25, 0.3) is 0 Å². The van der Waals surface area contributed by atoms with Gasteiger partial charge in [-0.1, -0.05) is 22.0 Å². The normalized spacial score (nSPS) is 21.5. The van der Waals surface area contributed by atoms with Gasteiger partial charge in [0.05, 0.1) is 5.75 Å². The van der Waals surface area contributed by atoms with Crippen LogP contribution in [0.25, 0.3) is 0 Å². The van der Waals surface area contributed by atoms with Gasteiger partial charge in [0, 0.05) is 28.6 Å². The molecule has 2 rings (SSSR count). The molecule has 1 aromatic rings. The Bertz CT molecular complexity index is 465. The lowest BCUT2D eigenvalue weighted by Gasteiger charge is -2.09. The molecule has 1 aliphatic carbocycles. The molecule has 1 unspecified atom stereocenters. The van der Waals surface area contributed by atoms with Gasteiger partial charge < -0.3 is 0 Å². The average molecular weight is 349 g/mol. The van der Waals surface area contributed by atoms with Gasteiger partial charge in [0.2, 0.25) is 5.92 Å². The molecule has 19 heavy (non-hydrogen) atoms. The number of thioether (sulfide) groups is 1. The number of carbonyl (C=O) groups is 1. The molecule has 1 atom stereocenters. The van der Waals surface area contributed by atoms with Crippen molar-refractivity contribution < 1.29 is 13.6 Å². The Hall–Kier alpha value is -0.420. The van der Waals surface area contributed by atoms with Gasteiger partial charge in [-0.25, -0.2) is 8.78 Å². The van der Waals surface area contributed by atoms with Crippen LogP contribution in [0.3, 0.4) is 0 Å². The summed E-state index contributed by atoms with van der Waals surface area (Å²) in [6.45, 7) is 0. The van der Waals surface area contributed by atoms with Gasteiger partial charge in [-0.3, -0.25) is 4.79 Å². The average Bonchev–Trinajstić information content (AvgIpc) is 2.66. The molecule has 1 aliphatic rings. The fraction of sp³-hybridized carbons (Fsp3) is 0.500. The molecule has 1 saturated carbocycles. The van der Waals surface area contributed by atoms with Gasteiger partial charge in [0.15, 0.2) is 0 Å². The van der Waals surface area contributed by atoms with E-state index in [1.807, 2.05) is 24.3 Å². The van der Waals surface area contributed by atoms with Crippen molar-refractivity contribution in [2.75, 3.05) is 5.75 Å². The molecule has 1 fully saturated rings. The first-order valence-electron chi connectivity index (χ1n) is 6.22. The van der Waals surface area contributed by atoms with Gasteiger partial charge in [-0.2, -0.15) is 0 Å². The molecule has 5 heteroatoms. The lowest BCUT2D eigenvalue weighted by atomic mass is 10.0. The molecule has 0 heterocycles. The maximum atomic E-state index is 13.0. The second kappa shape index (κ2) is 6.35. The Morgan fingerprint density at radius 2 is 2.26 bits per heavy atom. The monoisotopic (exact) mass is 348 g/mol. The number of hydrogen-bond donors (Lipinski definition) is 0. The smallest absolute Gasteiger partial charge is 0.248 e. The van der Waals surface area contributed by atoms with Crippen molar-refractivity contribution in [3.05, 3.63) is 28.7 Å². The number of halogens is 3. The molecular weight excluding hydrogens is 334 g/mol. The van der Waals surface area contributed by atoms with E-state index < -0.39 is 5.92 Å². The van der Waals surface area contributed by atoms with Gasteiger partial charge in [-0.05, 0) is 30.5 Å². The number of hydrogen-bond acceptors (Lipinski definition) is 2. The molecule has 0 radical (unpaired) electrons. The SMILES string of the molecule is O=C(CSc1cccc(Br)c1)CC1CCC(F)(F)C1. The van der Waals surface area contributed by atoms with Crippen LogP contribution in [0.2, 0.25) is 0 Å². The summed E-state index contributed by atoms with van der Waals surface area (Å²) in [7, 11) is 0. The second-order valence-corrected chi connectivity index (χ2v) is 6.92. The van der Waals surface area contributed by atoms with Crippen molar-refractivity contribution in [2.45, 2.75) is 36.5 Å². The zero-order valence-corrected chi connectivity index (χ0v) is 12.8. The Labute approximate surface area is 124 Å². The lowest BCUT2D eigenvalue weighted by molar-refractivity contribution is -0.117. The minimum atomic E-state index is -2.55. The van der Waals surface area contributed by atoms with Crippen LogP contribution in [-0.4, -0.2) is 17.5 Å². The summed E-state index contributed by atoms with van der Waals surface area (Å²) in [6.07, 6.45) is 0.570. The van der Waals surface area contributed by atoms with E-state index in [1.165, 1.54) is 11.8 Å². The first kappa shape index (κ1) is 15.0. The minimum absolute atomic E-state index is 0.0627. The standard InChI is InChI=1S/C14H15BrF2OS/c15-11-2-1-3-13(7-11)19-9-12(18)6-10-4-5-14(16,17)8-10/h1-3,7,10H,4-6,8-9H2. The number of carbonyl (C=O) groups excluding carboxylic acids is 1. The molecule has 0 aromatic heterocycles. The van der Waals surface area contributed by atoms with Crippen LogP contribution in [-0.2, 0) is 4.79 Å². The lowest BCUT2D eigenvalue weighted by Crippen LogP contribution is -2.12. The van der Waals surface area contributed by atoms with E-state index in [2.05, 4.69) is 15.9 Å². The predicted octanol–water partition coefficient (Wildman–Crippen LogP) is 4.94. The highest BCUT2D eigenvalue weighted by atomic mass is 79.9. The molecular formula is C14H15BrF2OS. The van der Waals surface area contributed by atoms with E-state index in [9.17, 15) is 13.6 Å². The maximum absolute atomic E-state index is 13.0. The number of benzene rings is 1. The molecule has 1 nitrogen and oxygen atoms in total. The maximum Gasteiger partial charge on any atom is 0.248 e. The molecule has 104 valence electrons. The van der Waals surface area contributed by atoms with E-state index in [1.54, 1.807) is 0 Å². The van der Waals surface area contributed by atoms with Crippen LogP contribution in [0.15, 0.2) is 33.6 Å². The zero-order valence-electron chi connectivity index (χ0n) is 10.4. The highest BCUT2D eigenvalue weighted by Crippen LogP contribution is 2.40. The van der Waals surface area contributed by atoms with E-state index in [-0.39, 0.29) is 31.0 Å². The summed E-state index contributed by atoms with van der Waals surface area (Å²) in [4.78, 5) is 12.8. The Morgan fingerprint density at radius 3 is 2.89 bits per heavy atom. The fourth-order valence-electron chi connectivity index (χ4n) is 2.32. The largest absolute Gasteiger partial charge is 0.299 e. The van der Waals surface area contributed by atoms with Crippen LogP contribution in [0.4, 0.5) is 8.78 Å². The molecule has 0 spiro atoms. The molecule has 0 N–H and O–H groups in total. The van der Waals surface area contributed by atoms with Crippen molar-refractivity contribution in [3.63, 3.8) is 0 Å². The van der Waals surface area contributed by atoms with Crippen molar-refractivity contribution >= 4 is 33.5 Å². The quantitative estimate of drug-likeness (QED) is 0.701. The van der Waals surface area contributed by atoms with Crippen LogP contribution < -0.4 is 0 Å². The number of alkyl halides is 2. The molecule has 1 aromatic carbocycles.